The van der Waals surface area contributed by atoms with Crippen LogP contribution in [-0.4, -0.2) is 19.7 Å². The number of anilines is 1. The number of fused-ring (bicyclic) bond motifs is 1. The molecule has 4 aromatic rings. The minimum Gasteiger partial charge on any atom is -0.350 e. The molecule has 0 aliphatic rings. The van der Waals surface area contributed by atoms with E-state index in [9.17, 15) is 4.79 Å². The first-order valence-electron chi connectivity index (χ1n) is 8.06. The van der Waals surface area contributed by atoms with E-state index < -0.39 is 0 Å². The maximum atomic E-state index is 12.2. The van der Waals surface area contributed by atoms with Gasteiger partial charge in [0.1, 0.15) is 6.33 Å². The molecule has 0 atom stereocenters. The quantitative estimate of drug-likeness (QED) is 0.590. The highest BCUT2D eigenvalue weighted by atomic mass is 16.1. The van der Waals surface area contributed by atoms with Gasteiger partial charge in [-0.1, -0.05) is 48.5 Å². The van der Waals surface area contributed by atoms with E-state index in [1.165, 1.54) is 0 Å². The minimum atomic E-state index is -0.0969. The van der Waals surface area contributed by atoms with Gasteiger partial charge in [-0.25, -0.2) is 0 Å². The monoisotopic (exact) mass is 331 g/mol. The van der Waals surface area contributed by atoms with Gasteiger partial charge in [-0.2, -0.15) is 0 Å². The zero-order valence-electron chi connectivity index (χ0n) is 13.5. The number of hydrogen-bond acceptors (Lipinski definition) is 4. The van der Waals surface area contributed by atoms with E-state index >= 15 is 0 Å². The molecule has 0 bridgehead atoms. The second-order valence-corrected chi connectivity index (χ2v) is 5.83. The molecular formula is C19H17N5O. The summed E-state index contributed by atoms with van der Waals surface area (Å²) >= 11 is 0. The summed E-state index contributed by atoms with van der Waals surface area (Å²) in [7, 11) is 0. The van der Waals surface area contributed by atoms with Gasteiger partial charge in [0.25, 0.3) is 5.56 Å². The van der Waals surface area contributed by atoms with Crippen LogP contribution in [0.1, 0.15) is 11.1 Å². The van der Waals surface area contributed by atoms with Gasteiger partial charge in [0, 0.05) is 17.6 Å². The van der Waals surface area contributed by atoms with E-state index in [2.05, 4.69) is 32.6 Å². The summed E-state index contributed by atoms with van der Waals surface area (Å²) in [6.07, 6.45) is 1.68. The van der Waals surface area contributed by atoms with Crippen LogP contribution in [0, 0.1) is 0 Å². The second-order valence-electron chi connectivity index (χ2n) is 5.83. The van der Waals surface area contributed by atoms with Crippen LogP contribution in [0.2, 0.25) is 0 Å². The Morgan fingerprint density at radius 1 is 1.04 bits per heavy atom. The first-order chi connectivity index (χ1) is 12.3. The van der Waals surface area contributed by atoms with Crippen molar-refractivity contribution in [3.8, 4) is 0 Å². The topological polar surface area (TPSA) is 75.6 Å². The molecule has 0 aliphatic carbocycles. The fraction of sp³-hybridized carbons (Fsp3) is 0.105. The number of nitrogens with one attached hydrogen (secondary N) is 2. The number of para-hydroxylation sites is 1. The van der Waals surface area contributed by atoms with Crippen LogP contribution in [0.4, 0.5) is 5.95 Å². The third-order valence-electron chi connectivity index (χ3n) is 4.08. The summed E-state index contributed by atoms with van der Waals surface area (Å²) in [6.45, 7) is 1.05. The maximum absolute atomic E-state index is 12.2. The minimum absolute atomic E-state index is 0.0969. The van der Waals surface area contributed by atoms with Crippen LogP contribution in [0.25, 0.3) is 10.9 Å². The van der Waals surface area contributed by atoms with Crippen LogP contribution in [-0.2, 0) is 13.1 Å². The first-order valence-corrected chi connectivity index (χ1v) is 8.06. The lowest BCUT2D eigenvalue weighted by Gasteiger charge is -2.09. The molecule has 0 amide bonds. The molecule has 0 saturated heterocycles. The third-order valence-corrected chi connectivity index (χ3v) is 4.08. The van der Waals surface area contributed by atoms with Crippen LogP contribution in [0.3, 0.4) is 0 Å². The van der Waals surface area contributed by atoms with Crippen molar-refractivity contribution in [2.45, 2.75) is 13.1 Å². The number of hydrogen-bond donors (Lipinski definition) is 2. The highest BCUT2D eigenvalue weighted by Gasteiger charge is 2.07. The molecule has 0 radical (unpaired) electrons. The molecule has 0 unspecified atom stereocenters. The van der Waals surface area contributed by atoms with E-state index in [0.29, 0.717) is 24.6 Å². The zero-order valence-corrected chi connectivity index (χ0v) is 13.5. The normalized spacial score (nSPS) is 10.9. The predicted molar refractivity (Wildman–Crippen MR) is 97.5 cm³/mol. The van der Waals surface area contributed by atoms with Crippen LogP contribution >= 0.6 is 0 Å². The molecule has 0 saturated carbocycles. The lowest BCUT2D eigenvalue weighted by atomic mass is 10.1. The number of pyridine rings is 1. The van der Waals surface area contributed by atoms with Gasteiger partial charge in [-0.15, -0.1) is 10.2 Å². The smallest absolute Gasteiger partial charge is 0.253 e. The Balaban J connectivity index is 1.53. The molecule has 2 aromatic carbocycles. The molecule has 6 nitrogen and oxygen atoms in total. The lowest BCUT2D eigenvalue weighted by molar-refractivity contribution is 0.793. The van der Waals surface area contributed by atoms with Crippen LogP contribution < -0.4 is 10.9 Å². The Labute approximate surface area is 144 Å². The number of benzene rings is 2. The van der Waals surface area contributed by atoms with Crippen molar-refractivity contribution in [2.75, 3.05) is 5.32 Å². The highest BCUT2D eigenvalue weighted by Crippen LogP contribution is 2.12. The number of aromatic amines is 1. The summed E-state index contributed by atoms with van der Waals surface area (Å²) in [5.74, 6) is 0.636. The highest BCUT2D eigenvalue weighted by molar-refractivity contribution is 5.78. The largest absolute Gasteiger partial charge is 0.350 e. The number of rotatable bonds is 5. The Bertz CT molecular complexity index is 1050. The van der Waals surface area contributed by atoms with Gasteiger partial charge in [0.05, 0.1) is 6.54 Å². The Hall–Kier alpha value is -3.41. The number of nitrogens with zero attached hydrogens (tertiary/aromatic N) is 3. The molecule has 4 rings (SSSR count). The van der Waals surface area contributed by atoms with Gasteiger partial charge in [0.2, 0.25) is 5.95 Å². The summed E-state index contributed by atoms with van der Waals surface area (Å²) < 4.78 is 1.92. The zero-order chi connectivity index (χ0) is 17.1. The molecule has 2 aromatic heterocycles. The molecular weight excluding hydrogens is 314 g/mol. The van der Waals surface area contributed by atoms with E-state index in [1.54, 1.807) is 6.33 Å². The van der Waals surface area contributed by atoms with E-state index in [0.717, 1.165) is 16.5 Å². The summed E-state index contributed by atoms with van der Waals surface area (Å²) in [5.41, 5.74) is 2.56. The fourth-order valence-corrected chi connectivity index (χ4v) is 2.79. The van der Waals surface area contributed by atoms with E-state index in [1.807, 2.05) is 53.1 Å². The van der Waals surface area contributed by atoms with E-state index in [4.69, 9.17) is 0 Å². The van der Waals surface area contributed by atoms with Crippen molar-refractivity contribution in [2.24, 2.45) is 0 Å². The average Bonchev–Trinajstić information content (AvgIpc) is 3.08. The third kappa shape index (κ3) is 3.28. The average molecular weight is 331 g/mol. The number of aromatic nitrogens is 4. The fourth-order valence-electron chi connectivity index (χ4n) is 2.79. The second kappa shape index (κ2) is 6.60. The SMILES string of the molecule is O=c1[nH]c2ccccc2cc1CNc1nncn1Cc1ccccc1. The molecule has 0 fully saturated rings. The molecule has 124 valence electrons. The van der Waals surface area contributed by atoms with Crippen molar-refractivity contribution in [1.29, 1.82) is 0 Å². The van der Waals surface area contributed by atoms with Gasteiger partial charge in [0.15, 0.2) is 0 Å². The molecule has 0 aliphatic heterocycles. The molecule has 0 spiro atoms. The molecule has 6 heteroatoms. The predicted octanol–water partition coefficient (Wildman–Crippen LogP) is 2.78. The summed E-state index contributed by atoms with van der Waals surface area (Å²) in [4.78, 5) is 15.1. The van der Waals surface area contributed by atoms with E-state index in [-0.39, 0.29) is 5.56 Å². The van der Waals surface area contributed by atoms with Crippen molar-refractivity contribution in [1.82, 2.24) is 19.7 Å². The molecule has 2 heterocycles. The van der Waals surface area contributed by atoms with Crippen molar-refractivity contribution >= 4 is 16.9 Å². The van der Waals surface area contributed by atoms with Crippen LogP contribution in [0.15, 0.2) is 71.8 Å². The maximum Gasteiger partial charge on any atom is 0.253 e. The first kappa shape index (κ1) is 15.1. The van der Waals surface area contributed by atoms with Crippen molar-refractivity contribution in [3.05, 3.63) is 88.5 Å². The Morgan fingerprint density at radius 3 is 2.72 bits per heavy atom. The van der Waals surface area contributed by atoms with Crippen molar-refractivity contribution < 1.29 is 0 Å². The van der Waals surface area contributed by atoms with Gasteiger partial charge in [-0.05, 0) is 23.1 Å². The van der Waals surface area contributed by atoms with Gasteiger partial charge in [-0.3, -0.25) is 9.36 Å². The molecule has 25 heavy (non-hydrogen) atoms. The summed E-state index contributed by atoms with van der Waals surface area (Å²) in [5, 5.41) is 12.3. The Kier molecular flexibility index (Phi) is 4.00. The Morgan fingerprint density at radius 2 is 1.84 bits per heavy atom. The molecule has 2 N–H and O–H groups in total. The van der Waals surface area contributed by atoms with Gasteiger partial charge < -0.3 is 10.3 Å². The lowest BCUT2D eigenvalue weighted by Crippen LogP contribution is -2.17. The van der Waals surface area contributed by atoms with Gasteiger partial charge >= 0.3 is 0 Å². The standard InChI is InChI=1S/C19H17N5O/c25-18-16(10-15-8-4-5-9-17(15)22-18)11-20-19-23-21-13-24(19)12-14-6-2-1-3-7-14/h1-10,13H,11-12H2,(H,20,23)(H,22,25). The van der Waals surface area contributed by atoms with Crippen LogP contribution in [0.5, 0.6) is 0 Å². The van der Waals surface area contributed by atoms with Crippen molar-refractivity contribution in [3.63, 3.8) is 0 Å². The number of H-pyrrole nitrogens is 1. The summed E-state index contributed by atoms with van der Waals surface area (Å²) in [6, 6.07) is 19.7.